The molecular weight excluding hydrogens is 472 g/mol. The van der Waals surface area contributed by atoms with Crippen LogP contribution in [0.4, 0.5) is 0 Å². The highest BCUT2D eigenvalue weighted by Gasteiger charge is 2.67. The molecule has 9 atom stereocenters. The zero-order valence-corrected chi connectivity index (χ0v) is 23.3. The summed E-state index contributed by atoms with van der Waals surface area (Å²) in [6.07, 6.45) is 1.32. The van der Waals surface area contributed by atoms with Crippen molar-refractivity contribution in [1.29, 1.82) is 0 Å². The molecule has 1 saturated carbocycles. The Morgan fingerprint density at radius 3 is 2.27 bits per heavy atom. The van der Waals surface area contributed by atoms with Gasteiger partial charge < -0.3 is 20.4 Å². The minimum atomic E-state index is -1.01. The summed E-state index contributed by atoms with van der Waals surface area (Å²) in [7, 11) is 0. The Labute approximate surface area is 220 Å². The fourth-order valence-electron chi connectivity index (χ4n) is 8.76. The van der Waals surface area contributed by atoms with Gasteiger partial charge in [0.25, 0.3) is 0 Å². The minimum Gasteiger partial charge on any atom is -0.481 e. The minimum absolute atomic E-state index is 0.0218. The lowest BCUT2D eigenvalue weighted by molar-refractivity contribution is -0.143. The summed E-state index contributed by atoms with van der Waals surface area (Å²) in [6.45, 7) is 13.5. The Morgan fingerprint density at radius 1 is 1.05 bits per heavy atom. The van der Waals surface area contributed by atoms with E-state index in [1.165, 1.54) is 6.92 Å². The molecule has 4 rings (SSSR count). The van der Waals surface area contributed by atoms with Gasteiger partial charge in [0, 0.05) is 35.7 Å². The molecular formula is C30H44O7. The van der Waals surface area contributed by atoms with Gasteiger partial charge in [-0.05, 0) is 47.5 Å². The maximum atomic E-state index is 14.1. The fraction of sp³-hybridized carbons (Fsp3) is 0.767. The van der Waals surface area contributed by atoms with Crippen LogP contribution in [0.2, 0.25) is 0 Å². The van der Waals surface area contributed by atoms with Gasteiger partial charge in [0.2, 0.25) is 0 Å². The van der Waals surface area contributed by atoms with Gasteiger partial charge in [0.1, 0.15) is 5.78 Å². The number of aliphatic hydroxyl groups is 3. The van der Waals surface area contributed by atoms with Crippen molar-refractivity contribution in [2.24, 2.45) is 39.4 Å². The average molecular weight is 517 g/mol. The van der Waals surface area contributed by atoms with Gasteiger partial charge in [-0.1, -0.05) is 60.1 Å². The van der Waals surface area contributed by atoms with Gasteiger partial charge in [0.05, 0.1) is 24.2 Å². The second-order valence-corrected chi connectivity index (χ2v) is 13.7. The molecule has 0 heterocycles. The van der Waals surface area contributed by atoms with Crippen LogP contribution >= 0.6 is 0 Å². The predicted molar refractivity (Wildman–Crippen MR) is 138 cm³/mol. The van der Waals surface area contributed by atoms with Crippen molar-refractivity contribution in [3.8, 4) is 0 Å². The number of allylic oxidation sites excluding steroid dienone is 2. The molecule has 0 amide bonds. The van der Waals surface area contributed by atoms with E-state index in [9.17, 15) is 34.8 Å². The number of carbonyl (C=O) groups is 3. The highest BCUT2D eigenvalue weighted by Crippen LogP contribution is 2.70. The van der Waals surface area contributed by atoms with Crippen molar-refractivity contribution in [3.05, 3.63) is 22.8 Å². The standard InChI is InChI=1S/C30H44O7/c1-15(10-17(31)11-16(2)26(36)37)18-12-23(35)30(7)25-19(32)13-21-27(3,4)22(34)8-9-28(21,5)24(25)20(33)14-29(18,30)6/h12,15-16,19,21-23,32,34-35H,8-11,13-14H2,1-7H3,(H,36,37)/t15-,16-,19+,21+,22+,23+,28+,29-,30+/m1/s1. The maximum absolute atomic E-state index is 14.1. The van der Waals surface area contributed by atoms with E-state index in [4.69, 9.17) is 0 Å². The van der Waals surface area contributed by atoms with Crippen LogP contribution in [0.15, 0.2) is 22.8 Å². The molecule has 0 bridgehead atoms. The Kier molecular flexibility index (Phi) is 6.74. The third-order valence-electron chi connectivity index (χ3n) is 11.2. The number of Topliss-reactive ketones (excluding diaryl/α,β-unsaturated/α-hetero) is 2. The average Bonchev–Trinajstić information content (AvgIpc) is 2.99. The van der Waals surface area contributed by atoms with Crippen molar-refractivity contribution in [3.63, 3.8) is 0 Å². The molecule has 0 spiro atoms. The molecule has 7 nitrogen and oxygen atoms in total. The van der Waals surface area contributed by atoms with Crippen LogP contribution in [0.5, 0.6) is 0 Å². The fourth-order valence-corrected chi connectivity index (χ4v) is 8.76. The maximum Gasteiger partial charge on any atom is 0.306 e. The molecule has 37 heavy (non-hydrogen) atoms. The van der Waals surface area contributed by atoms with Gasteiger partial charge in [-0.3, -0.25) is 14.4 Å². The van der Waals surface area contributed by atoms with Gasteiger partial charge in [-0.15, -0.1) is 0 Å². The first-order valence-corrected chi connectivity index (χ1v) is 13.7. The molecule has 0 aromatic heterocycles. The van der Waals surface area contributed by atoms with E-state index >= 15 is 0 Å². The van der Waals surface area contributed by atoms with E-state index in [0.717, 1.165) is 5.57 Å². The van der Waals surface area contributed by atoms with Crippen LogP contribution in [0.25, 0.3) is 0 Å². The molecule has 0 radical (unpaired) electrons. The number of carboxylic acids is 1. The zero-order valence-electron chi connectivity index (χ0n) is 23.3. The number of fused-ring (bicyclic) bond motifs is 4. The summed E-state index contributed by atoms with van der Waals surface area (Å²) in [5.41, 5.74) is -0.557. The first-order valence-electron chi connectivity index (χ1n) is 13.7. The summed E-state index contributed by atoms with van der Waals surface area (Å²) in [4.78, 5) is 38.0. The van der Waals surface area contributed by atoms with Crippen LogP contribution < -0.4 is 0 Å². The summed E-state index contributed by atoms with van der Waals surface area (Å²) >= 11 is 0. The van der Waals surface area contributed by atoms with E-state index in [1.54, 1.807) is 6.08 Å². The lowest BCUT2D eigenvalue weighted by atomic mass is 9.42. The Balaban J connectivity index is 1.75. The Morgan fingerprint density at radius 2 is 1.68 bits per heavy atom. The number of hydrogen-bond acceptors (Lipinski definition) is 6. The van der Waals surface area contributed by atoms with Crippen molar-refractivity contribution < 1.29 is 34.8 Å². The summed E-state index contributed by atoms with van der Waals surface area (Å²) in [6, 6.07) is 0. The molecule has 0 aliphatic heterocycles. The van der Waals surface area contributed by atoms with Crippen molar-refractivity contribution >= 4 is 17.5 Å². The first-order chi connectivity index (χ1) is 16.9. The Bertz CT molecular complexity index is 1090. The third-order valence-corrected chi connectivity index (χ3v) is 11.2. The van der Waals surface area contributed by atoms with E-state index in [-0.39, 0.29) is 42.7 Å². The SMILES string of the molecule is C[C@H](CC(=O)C[C@@H](C)C1=C[C@H](O)[C@@]2(C)C3=C(C(=O)C[C@]12C)[C@@]1(C)CC[C@H](O)C(C)(C)[C@@H]1C[C@@H]3O)C(=O)O. The van der Waals surface area contributed by atoms with Crippen LogP contribution in [0.1, 0.15) is 87.0 Å². The van der Waals surface area contributed by atoms with Crippen molar-refractivity contribution in [2.75, 3.05) is 0 Å². The van der Waals surface area contributed by atoms with Crippen LogP contribution in [-0.4, -0.2) is 56.3 Å². The molecule has 1 fully saturated rings. The zero-order chi connectivity index (χ0) is 27.9. The number of carboxylic acid groups (broad SMARTS) is 1. The second kappa shape index (κ2) is 8.85. The molecule has 0 unspecified atom stereocenters. The van der Waals surface area contributed by atoms with Gasteiger partial charge in [0.15, 0.2) is 5.78 Å². The highest BCUT2D eigenvalue weighted by molar-refractivity contribution is 6.00. The Hall–Kier alpha value is -1.83. The smallest absolute Gasteiger partial charge is 0.306 e. The monoisotopic (exact) mass is 516 g/mol. The van der Waals surface area contributed by atoms with Crippen LogP contribution in [0.3, 0.4) is 0 Å². The predicted octanol–water partition coefficient (Wildman–Crippen LogP) is 3.84. The van der Waals surface area contributed by atoms with E-state index < -0.39 is 51.9 Å². The van der Waals surface area contributed by atoms with Gasteiger partial charge >= 0.3 is 5.97 Å². The summed E-state index contributed by atoms with van der Waals surface area (Å²) < 4.78 is 0. The van der Waals surface area contributed by atoms with Crippen molar-refractivity contribution in [2.45, 2.75) is 105 Å². The second-order valence-electron chi connectivity index (χ2n) is 13.7. The number of ketones is 2. The third kappa shape index (κ3) is 3.82. The lowest BCUT2D eigenvalue weighted by Crippen LogP contribution is -2.61. The topological polar surface area (TPSA) is 132 Å². The highest BCUT2D eigenvalue weighted by atomic mass is 16.4. The number of carbonyl (C=O) groups excluding carboxylic acids is 2. The number of aliphatic hydroxyl groups excluding tert-OH is 3. The molecule has 0 saturated heterocycles. The molecule has 7 heteroatoms. The molecule has 0 aromatic carbocycles. The number of aliphatic carboxylic acids is 1. The normalized spacial score (nSPS) is 42.3. The van der Waals surface area contributed by atoms with E-state index in [1.807, 2.05) is 34.6 Å². The van der Waals surface area contributed by atoms with Gasteiger partial charge in [-0.25, -0.2) is 0 Å². The first kappa shape index (κ1) is 28.2. The van der Waals surface area contributed by atoms with Crippen molar-refractivity contribution in [1.82, 2.24) is 0 Å². The molecule has 4 aliphatic rings. The molecule has 0 aromatic rings. The number of rotatable bonds is 6. The van der Waals surface area contributed by atoms with Gasteiger partial charge in [-0.2, -0.15) is 0 Å². The van der Waals surface area contributed by atoms with E-state index in [2.05, 4.69) is 6.92 Å². The molecule has 4 aliphatic carbocycles. The lowest BCUT2D eigenvalue weighted by Gasteiger charge is -2.62. The summed E-state index contributed by atoms with van der Waals surface area (Å²) in [5, 5.41) is 43.1. The quantitative estimate of drug-likeness (QED) is 0.394. The van der Waals surface area contributed by atoms with E-state index in [0.29, 0.717) is 30.4 Å². The molecule has 206 valence electrons. The summed E-state index contributed by atoms with van der Waals surface area (Å²) in [5.74, 6) is -2.31. The van der Waals surface area contributed by atoms with Crippen LogP contribution in [0, 0.1) is 39.4 Å². The largest absolute Gasteiger partial charge is 0.481 e. The number of hydrogen-bond donors (Lipinski definition) is 4. The molecule has 4 N–H and O–H groups in total. The van der Waals surface area contributed by atoms with Crippen LogP contribution in [-0.2, 0) is 14.4 Å².